The van der Waals surface area contributed by atoms with Gasteiger partial charge in [0, 0.05) is 38.9 Å². The molecule has 1 heterocycles. The second kappa shape index (κ2) is 12.5. The highest BCUT2D eigenvalue weighted by Crippen LogP contribution is 2.01. The van der Waals surface area contributed by atoms with E-state index in [0.29, 0.717) is 52.1 Å². The average molecular weight is 294 g/mol. The van der Waals surface area contributed by atoms with Gasteiger partial charge in [0.1, 0.15) is 11.6 Å². The van der Waals surface area contributed by atoms with Gasteiger partial charge < -0.3 is 9.47 Å². The third-order valence-electron chi connectivity index (χ3n) is 3.16. The predicted molar refractivity (Wildman–Crippen MR) is 82.3 cm³/mol. The van der Waals surface area contributed by atoms with Gasteiger partial charge >= 0.3 is 0 Å². The molecule has 0 amide bonds. The lowest BCUT2D eigenvalue weighted by Gasteiger charge is -2.05. The van der Waals surface area contributed by atoms with E-state index in [1.165, 1.54) is 0 Å². The van der Waals surface area contributed by atoms with Crippen molar-refractivity contribution < 1.29 is 19.1 Å². The first-order chi connectivity index (χ1) is 10.3. The fourth-order valence-electron chi connectivity index (χ4n) is 1.97. The Morgan fingerprint density at radius 3 is 1.62 bits per heavy atom. The second-order valence-corrected chi connectivity index (χ2v) is 5.10. The number of ketones is 2. The number of ether oxygens (including phenoxy) is 2. The molecule has 0 N–H and O–H groups in total. The molecule has 1 aliphatic heterocycles. The summed E-state index contributed by atoms with van der Waals surface area (Å²) in [7, 11) is 0. The number of Topliss-reactive ketones (excluding diaryl/α,β-unsaturated/α-hetero) is 2. The number of hydrogen-bond acceptors (Lipinski definition) is 4. The van der Waals surface area contributed by atoms with Crippen LogP contribution in [0.2, 0.25) is 0 Å². The highest BCUT2D eigenvalue weighted by molar-refractivity contribution is 5.80. The first-order valence-corrected chi connectivity index (χ1v) is 7.78. The molecule has 0 unspecified atom stereocenters. The lowest BCUT2D eigenvalue weighted by molar-refractivity contribution is -0.119. The van der Waals surface area contributed by atoms with Crippen molar-refractivity contribution in [1.82, 2.24) is 0 Å². The zero-order valence-electron chi connectivity index (χ0n) is 12.7. The Labute approximate surface area is 127 Å². The van der Waals surface area contributed by atoms with Crippen LogP contribution in [-0.4, -0.2) is 38.0 Å². The number of carbonyl (C=O) groups is 2. The summed E-state index contributed by atoms with van der Waals surface area (Å²) in [6.45, 7) is 2.29. The summed E-state index contributed by atoms with van der Waals surface area (Å²) in [5, 5.41) is 0. The SMILES string of the molecule is O=C1CC=CCC=CCC(=O)CCCOCCOCCC1. The minimum absolute atomic E-state index is 0.239. The van der Waals surface area contributed by atoms with Crippen LogP contribution in [0.5, 0.6) is 0 Å². The predicted octanol–water partition coefficient (Wildman–Crippen LogP) is 3.01. The fraction of sp³-hybridized carbons (Fsp3) is 0.647. The van der Waals surface area contributed by atoms with Gasteiger partial charge in [0.05, 0.1) is 13.2 Å². The Hall–Kier alpha value is -1.26. The molecule has 0 bridgehead atoms. The van der Waals surface area contributed by atoms with E-state index in [1.807, 2.05) is 24.3 Å². The Kier molecular flexibility index (Phi) is 10.6. The van der Waals surface area contributed by atoms with E-state index < -0.39 is 0 Å². The fourth-order valence-corrected chi connectivity index (χ4v) is 1.97. The smallest absolute Gasteiger partial charge is 0.136 e. The van der Waals surface area contributed by atoms with Crippen LogP contribution in [-0.2, 0) is 19.1 Å². The summed E-state index contributed by atoms with van der Waals surface area (Å²) in [5.41, 5.74) is 0. The van der Waals surface area contributed by atoms with E-state index in [4.69, 9.17) is 9.47 Å². The molecular formula is C17H26O4. The van der Waals surface area contributed by atoms with Gasteiger partial charge in [0.2, 0.25) is 0 Å². The minimum atomic E-state index is 0.239. The molecule has 21 heavy (non-hydrogen) atoms. The van der Waals surface area contributed by atoms with Crippen molar-refractivity contribution in [3.8, 4) is 0 Å². The van der Waals surface area contributed by atoms with E-state index in [1.54, 1.807) is 0 Å². The number of allylic oxidation sites excluding steroid dienone is 4. The zero-order chi connectivity index (χ0) is 15.2. The maximum absolute atomic E-state index is 11.6. The molecule has 1 rings (SSSR count). The van der Waals surface area contributed by atoms with E-state index in [-0.39, 0.29) is 11.6 Å². The van der Waals surface area contributed by atoms with E-state index >= 15 is 0 Å². The lowest BCUT2D eigenvalue weighted by Crippen LogP contribution is -2.08. The Balaban J connectivity index is 2.32. The van der Waals surface area contributed by atoms with Crippen LogP contribution in [0.15, 0.2) is 24.3 Å². The van der Waals surface area contributed by atoms with Crippen LogP contribution in [0.1, 0.15) is 44.9 Å². The Morgan fingerprint density at radius 1 is 0.667 bits per heavy atom. The third-order valence-corrected chi connectivity index (χ3v) is 3.16. The van der Waals surface area contributed by atoms with Crippen molar-refractivity contribution in [2.24, 2.45) is 0 Å². The third kappa shape index (κ3) is 11.1. The molecule has 0 atom stereocenters. The Morgan fingerprint density at radius 2 is 1.14 bits per heavy atom. The Bertz CT molecular complexity index is 324. The highest BCUT2D eigenvalue weighted by atomic mass is 16.5. The van der Waals surface area contributed by atoms with Crippen LogP contribution >= 0.6 is 0 Å². The number of hydrogen-bond donors (Lipinski definition) is 0. The van der Waals surface area contributed by atoms with Crippen LogP contribution < -0.4 is 0 Å². The van der Waals surface area contributed by atoms with Crippen LogP contribution in [0, 0.1) is 0 Å². The van der Waals surface area contributed by atoms with Gasteiger partial charge in [0.15, 0.2) is 0 Å². The van der Waals surface area contributed by atoms with Crippen molar-refractivity contribution in [2.45, 2.75) is 44.9 Å². The summed E-state index contributed by atoms with van der Waals surface area (Å²) in [5.74, 6) is 0.478. The zero-order valence-corrected chi connectivity index (χ0v) is 12.7. The summed E-state index contributed by atoms with van der Waals surface area (Å²) in [6.07, 6.45) is 12.1. The molecule has 0 saturated carbocycles. The first-order valence-electron chi connectivity index (χ1n) is 7.78. The van der Waals surface area contributed by atoms with Crippen LogP contribution in [0.3, 0.4) is 0 Å². The van der Waals surface area contributed by atoms with Gasteiger partial charge in [-0.3, -0.25) is 9.59 Å². The molecule has 1 aliphatic rings. The maximum atomic E-state index is 11.6. The molecule has 0 spiro atoms. The molecule has 118 valence electrons. The molecule has 0 aromatic rings. The van der Waals surface area contributed by atoms with Gasteiger partial charge in [-0.15, -0.1) is 0 Å². The van der Waals surface area contributed by atoms with Crippen molar-refractivity contribution in [3.63, 3.8) is 0 Å². The van der Waals surface area contributed by atoms with E-state index in [0.717, 1.165) is 19.3 Å². The van der Waals surface area contributed by atoms with Gasteiger partial charge in [-0.05, 0) is 19.3 Å². The van der Waals surface area contributed by atoms with Crippen molar-refractivity contribution >= 4 is 11.6 Å². The maximum Gasteiger partial charge on any atom is 0.136 e. The molecule has 4 heteroatoms. The summed E-state index contributed by atoms with van der Waals surface area (Å²) >= 11 is 0. The average Bonchev–Trinajstić information content (AvgIpc) is 2.47. The summed E-state index contributed by atoms with van der Waals surface area (Å²) in [4.78, 5) is 23.1. The molecule has 0 saturated heterocycles. The molecule has 0 aromatic carbocycles. The first kappa shape index (κ1) is 17.8. The van der Waals surface area contributed by atoms with Crippen LogP contribution in [0.4, 0.5) is 0 Å². The molecule has 0 radical (unpaired) electrons. The van der Waals surface area contributed by atoms with Gasteiger partial charge in [-0.1, -0.05) is 24.3 Å². The highest BCUT2D eigenvalue weighted by Gasteiger charge is 2.01. The largest absolute Gasteiger partial charge is 0.379 e. The number of carbonyl (C=O) groups excluding carboxylic acids is 2. The summed E-state index contributed by atoms with van der Waals surface area (Å²) in [6, 6.07) is 0. The van der Waals surface area contributed by atoms with Gasteiger partial charge in [-0.25, -0.2) is 0 Å². The topological polar surface area (TPSA) is 52.6 Å². The van der Waals surface area contributed by atoms with Gasteiger partial charge in [-0.2, -0.15) is 0 Å². The molecular weight excluding hydrogens is 268 g/mol. The number of rotatable bonds is 0. The van der Waals surface area contributed by atoms with Gasteiger partial charge in [0.25, 0.3) is 0 Å². The molecule has 0 fully saturated rings. The quantitative estimate of drug-likeness (QED) is 0.644. The van der Waals surface area contributed by atoms with Crippen molar-refractivity contribution in [2.75, 3.05) is 26.4 Å². The molecule has 4 nitrogen and oxygen atoms in total. The van der Waals surface area contributed by atoms with E-state index in [9.17, 15) is 9.59 Å². The minimum Gasteiger partial charge on any atom is -0.379 e. The second-order valence-electron chi connectivity index (χ2n) is 5.10. The normalized spacial score (nSPS) is 21.5. The van der Waals surface area contributed by atoms with E-state index in [2.05, 4.69) is 0 Å². The molecule has 0 aliphatic carbocycles. The molecule has 0 aromatic heterocycles. The monoisotopic (exact) mass is 294 g/mol. The lowest BCUT2D eigenvalue weighted by atomic mass is 10.1. The van der Waals surface area contributed by atoms with Crippen molar-refractivity contribution in [1.29, 1.82) is 0 Å². The van der Waals surface area contributed by atoms with Crippen molar-refractivity contribution in [3.05, 3.63) is 24.3 Å². The summed E-state index contributed by atoms with van der Waals surface area (Å²) < 4.78 is 10.8. The standard InChI is InChI=1S/C17H26O4/c18-16-8-4-2-1-3-5-9-17(19)11-7-13-21-15-14-20-12-6-10-16/h2-5H,1,6-15H2. The van der Waals surface area contributed by atoms with Crippen LogP contribution in [0.25, 0.3) is 0 Å².